The second-order valence-electron chi connectivity index (χ2n) is 4.94. The van der Waals surface area contributed by atoms with Crippen molar-refractivity contribution in [1.29, 1.82) is 0 Å². The zero-order chi connectivity index (χ0) is 14.0. The first kappa shape index (κ1) is 14.5. The van der Waals surface area contributed by atoms with Crippen molar-refractivity contribution in [3.63, 3.8) is 0 Å². The Balaban J connectivity index is 2.14. The third kappa shape index (κ3) is 3.15. The van der Waals surface area contributed by atoms with E-state index in [1.54, 1.807) is 17.9 Å². The first-order valence-electron chi connectivity index (χ1n) is 6.45. The Morgan fingerprint density at radius 2 is 2.05 bits per heavy atom. The van der Waals surface area contributed by atoms with E-state index in [2.05, 4.69) is 21.2 Å². The average Bonchev–Trinajstić information content (AvgIpc) is 2.42. The van der Waals surface area contributed by atoms with Gasteiger partial charge in [0.25, 0.3) is 5.91 Å². The molecule has 1 N–H and O–H groups in total. The minimum Gasteiger partial charge on any atom is -0.338 e. The van der Waals surface area contributed by atoms with Crippen LogP contribution in [0.25, 0.3) is 0 Å². The molecule has 0 aromatic heterocycles. The molecule has 0 saturated carbocycles. The fourth-order valence-electron chi connectivity index (χ4n) is 2.35. The van der Waals surface area contributed by atoms with E-state index in [1.807, 2.05) is 7.05 Å². The van der Waals surface area contributed by atoms with Gasteiger partial charge in [0.1, 0.15) is 5.82 Å². The zero-order valence-corrected chi connectivity index (χ0v) is 12.8. The highest BCUT2D eigenvalue weighted by molar-refractivity contribution is 9.10. The van der Waals surface area contributed by atoms with Crippen LogP contribution in [0.3, 0.4) is 0 Å². The van der Waals surface area contributed by atoms with Crippen LogP contribution < -0.4 is 5.32 Å². The number of carbonyl (C=O) groups is 1. The first-order valence-corrected chi connectivity index (χ1v) is 7.24. The molecule has 0 atom stereocenters. The lowest BCUT2D eigenvalue weighted by molar-refractivity contribution is 0.0706. The van der Waals surface area contributed by atoms with Crippen LogP contribution in [0.4, 0.5) is 4.39 Å². The Hall–Kier alpha value is -0.940. The molecule has 3 nitrogen and oxygen atoms in total. The Kier molecular flexibility index (Phi) is 4.58. The summed E-state index contributed by atoms with van der Waals surface area (Å²) in [6, 6.07) is 3.46. The topological polar surface area (TPSA) is 32.3 Å². The van der Waals surface area contributed by atoms with Gasteiger partial charge in [0.15, 0.2) is 0 Å². The Morgan fingerprint density at radius 1 is 1.42 bits per heavy atom. The fourth-order valence-corrected chi connectivity index (χ4v) is 2.98. The minimum absolute atomic E-state index is 0.0969. The average molecular weight is 329 g/mol. The predicted octanol–water partition coefficient (Wildman–Crippen LogP) is 2.72. The van der Waals surface area contributed by atoms with Crippen molar-refractivity contribution < 1.29 is 9.18 Å². The lowest BCUT2D eigenvalue weighted by Gasteiger charge is -2.32. The molecule has 1 aromatic rings. The van der Waals surface area contributed by atoms with Crippen molar-refractivity contribution in [2.24, 2.45) is 0 Å². The largest absolute Gasteiger partial charge is 0.338 e. The third-order valence-corrected chi connectivity index (χ3v) is 4.33. The van der Waals surface area contributed by atoms with Crippen molar-refractivity contribution in [3.8, 4) is 0 Å². The Morgan fingerprint density at radius 3 is 2.63 bits per heavy atom. The number of likely N-dealkylation sites (tertiary alicyclic amines) is 1. The summed E-state index contributed by atoms with van der Waals surface area (Å²) < 4.78 is 14.3. The number of halogens is 2. The summed E-state index contributed by atoms with van der Waals surface area (Å²) in [7, 11) is 1.94. The zero-order valence-electron chi connectivity index (χ0n) is 11.2. The Bertz CT molecular complexity index is 485. The van der Waals surface area contributed by atoms with Crippen LogP contribution in [-0.2, 0) is 0 Å². The van der Waals surface area contributed by atoms with Gasteiger partial charge < -0.3 is 10.2 Å². The molecule has 0 aliphatic carbocycles. The highest BCUT2D eigenvalue weighted by atomic mass is 79.9. The van der Waals surface area contributed by atoms with Gasteiger partial charge in [-0.05, 0) is 60.4 Å². The summed E-state index contributed by atoms with van der Waals surface area (Å²) in [4.78, 5) is 14.2. The maximum Gasteiger partial charge on any atom is 0.255 e. The van der Waals surface area contributed by atoms with E-state index in [9.17, 15) is 9.18 Å². The van der Waals surface area contributed by atoms with E-state index < -0.39 is 0 Å². The van der Waals surface area contributed by atoms with Crippen molar-refractivity contribution in [2.75, 3.05) is 20.1 Å². The molecule has 1 aliphatic heterocycles. The molecule has 0 radical (unpaired) electrons. The van der Waals surface area contributed by atoms with Gasteiger partial charge in [-0.1, -0.05) is 0 Å². The lowest BCUT2D eigenvalue weighted by atomic mass is 10.0. The molecular formula is C14H18BrFN2O. The van der Waals surface area contributed by atoms with E-state index in [4.69, 9.17) is 0 Å². The van der Waals surface area contributed by atoms with Crippen molar-refractivity contribution >= 4 is 21.8 Å². The molecule has 1 aliphatic rings. The number of aryl methyl sites for hydroxylation is 1. The van der Waals surface area contributed by atoms with Crippen molar-refractivity contribution in [1.82, 2.24) is 10.2 Å². The van der Waals surface area contributed by atoms with Crippen LogP contribution >= 0.6 is 15.9 Å². The molecule has 0 unspecified atom stereocenters. The fraction of sp³-hybridized carbons (Fsp3) is 0.500. The smallest absolute Gasteiger partial charge is 0.255 e. The molecule has 0 spiro atoms. The molecule has 1 heterocycles. The number of hydrogen-bond acceptors (Lipinski definition) is 2. The highest BCUT2D eigenvalue weighted by Crippen LogP contribution is 2.23. The monoisotopic (exact) mass is 328 g/mol. The van der Waals surface area contributed by atoms with E-state index in [1.165, 1.54) is 6.07 Å². The van der Waals surface area contributed by atoms with Crippen LogP contribution in [0, 0.1) is 12.7 Å². The summed E-state index contributed by atoms with van der Waals surface area (Å²) in [6.45, 7) is 3.12. The van der Waals surface area contributed by atoms with Crippen LogP contribution in [-0.4, -0.2) is 37.0 Å². The third-order valence-electron chi connectivity index (χ3n) is 3.67. The standard InChI is InChI=1S/C14H18BrFN2O/c1-9-7-12(15)11(8-13(9)16)14(19)18-5-3-10(17-2)4-6-18/h7-8,10,17H,3-6H2,1-2H3. The maximum absolute atomic E-state index is 13.6. The van der Waals surface area contributed by atoms with Gasteiger partial charge in [-0.2, -0.15) is 0 Å². The SMILES string of the molecule is CNC1CCN(C(=O)c2cc(F)c(C)cc2Br)CC1. The summed E-state index contributed by atoms with van der Waals surface area (Å²) in [6.07, 6.45) is 1.88. The Labute approximate surface area is 121 Å². The summed E-state index contributed by atoms with van der Waals surface area (Å²) in [5.41, 5.74) is 0.948. The van der Waals surface area contributed by atoms with Gasteiger partial charge in [-0.25, -0.2) is 4.39 Å². The molecule has 5 heteroatoms. The summed E-state index contributed by atoms with van der Waals surface area (Å²) in [5, 5.41) is 3.22. The van der Waals surface area contributed by atoms with Gasteiger partial charge in [-0.15, -0.1) is 0 Å². The second kappa shape index (κ2) is 6.01. The number of benzene rings is 1. The number of carbonyl (C=O) groups excluding carboxylic acids is 1. The van der Waals surface area contributed by atoms with E-state index in [0.29, 0.717) is 34.7 Å². The van der Waals surface area contributed by atoms with Crippen molar-refractivity contribution in [3.05, 3.63) is 33.5 Å². The molecular weight excluding hydrogens is 311 g/mol. The molecule has 1 fully saturated rings. The van der Waals surface area contributed by atoms with E-state index in [0.717, 1.165) is 12.8 Å². The van der Waals surface area contributed by atoms with E-state index in [-0.39, 0.29) is 11.7 Å². The van der Waals surface area contributed by atoms with E-state index >= 15 is 0 Å². The predicted molar refractivity (Wildman–Crippen MR) is 76.8 cm³/mol. The number of nitrogens with zero attached hydrogens (tertiary/aromatic N) is 1. The maximum atomic E-state index is 13.6. The number of nitrogens with one attached hydrogen (secondary N) is 1. The van der Waals surface area contributed by atoms with Gasteiger partial charge in [0.05, 0.1) is 5.56 Å². The van der Waals surface area contributed by atoms with Crippen LogP contribution in [0.2, 0.25) is 0 Å². The van der Waals surface area contributed by atoms with Gasteiger partial charge in [0, 0.05) is 23.6 Å². The number of hydrogen-bond donors (Lipinski definition) is 1. The first-order chi connectivity index (χ1) is 9.02. The van der Waals surface area contributed by atoms with Crippen LogP contribution in [0.1, 0.15) is 28.8 Å². The second-order valence-corrected chi connectivity index (χ2v) is 5.79. The number of piperidine rings is 1. The normalized spacial score (nSPS) is 16.7. The molecule has 104 valence electrons. The van der Waals surface area contributed by atoms with Crippen molar-refractivity contribution in [2.45, 2.75) is 25.8 Å². The molecule has 0 bridgehead atoms. The number of amides is 1. The van der Waals surface area contributed by atoms with Crippen LogP contribution in [0.5, 0.6) is 0 Å². The van der Waals surface area contributed by atoms with Gasteiger partial charge in [-0.3, -0.25) is 4.79 Å². The molecule has 1 saturated heterocycles. The van der Waals surface area contributed by atoms with Crippen LogP contribution in [0.15, 0.2) is 16.6 Å². The molecule has 2 rings (SSSR count). The lowest BCUT2D eigenvalue weighted by Crippen LogP contribution is -2.44. The number of rotatable bonds is 2. The van der Waals surface area contributed by atoms with Gasteiger partial charge in [0.2, 0.25) is 0 Å². The quantitative estimate of drug-likeness (QED) is 0.905. The molecule has 1 aromatic carbocycles. The van der Waals surface area contributed by atoms with Gasteiger partial charge >= 0.3 is 0 Å². The summed E-state index contributed by atoms with van der Waals surface area (Å²) in [5.74, 6) is -0.433. The molecule has 19 heavy (non-hydrogen) atoms. The molecule has 1 amide bonds. The summed E-state index contributed by atoms with van der Waals surface area (Å²) >= 11 is 3.35. The minimum atomic E-state index is -0.336. The highest BCUT2D eigenvalue weighted by Gasteiger charge is 2.24.